The third kappa shape index (κ3) is 6.52. The van der Waals surface area contributed by atoms with E-state index in [1.165, 1.54) is 25.4 Å². The van der Waals surface area contributed by atoms with E-state index in [1.54, 1.807) is 18.3 Å². The smallest absolute Gasteiger partial charge is 0.212 e. The van der Waals surface area contributed by atoms with Gasteiger partial charge >= 0.3 is 0 Å². The van der Waals surface area contributed by atoms with E-state index in [4.69, 9.17) is 5.11 Å². The van der Waals surface area contributed by atoms with Crippen LogP contribution >= 0.6 is 0 Å². The molecule has 0 saturated heterocycles. The van der Waals surface area contributed by atoms with Crippen molar-refractivity contribution in [2.24, 2.45) is 0 Å². The van der Waals surface area contributed by atoms with Crippen molar-refractivity contribution in [3.63, 3.8) is 0 Å². The summed E-state index contributed by atoms with van der Waals surface area (Å²) in [7, 11) is 0. The molecule has 1 aliphatic rings. The van der Waals surface area contributed by atoms with Crippen LogP contribution in [0.1, 0.15) is 25.0 Å². The minimum Gasteiger partial charge on any atom is -0.512 e. The molecule has 4 rings (SSSR count). The van der Waals surface area contributed by atoms with E-state index in [0.717, 1.165) is 28.1 Å². The Morgan fingerprint density at radius 2 is 1.73 bits per heavy atom. The van der Waals surface area contributed by atoms with Gasteiger partial charge in [-0.25, -0.2) is 4.39 Å². The maximum absolute atomic E-state index is 13.7. The number of aromatic nitrogens is 1. The Balaban J connectivity index is 0.000000423. The first kappa shape index (κ1) is 26.3. The summed E-state index contributed by atoms with van der Waals surface area (Å²) in [5.74, 6) is 2.63. The van der Waals surface area contributed by atoms with E-state index in [2.05, 4.69) is 23.3 Å². The zero-order valence-corrected chi connectivity index (χ0v) is 21.2. The van der Waals surface area contributed by atoms with Crippen LogP contribution in [0.3, 0.4) is 0 Å². The second kappa shape index (κ2) is 11.8. The molecule has 2 aromatic carbocycles. The van der Waals surface area contributed by atoms with E-state index in [9.17, 15) is 9.18 Å². The van der Waals surface area contributed by atoms with Gasteiger partial charge in [0.2, 0.25) is 6.71 Å². The van der Waals surface area contributed by atoms with Gasteiger partial charge in [0, 0.05) is 39.2 Å². The number of hydrogen-bond acceptors (Lipinski definition) is 4. The molecule has 3 aromatic rings. The minimum atomic E-state index is -0.189. The SMILES string of the molecule is CC(=O)/C=C(/C)O.Cc1cc(F)cc(C)c1B1C=[C-]N(c2ccccn2)c2ccccc21.[Pt]. The number of carbonyl (C=O) groups is 1. The summed E-state index contributed by atoms with van der Waals surface area (Å²) in [6.45, 7) is 6.83. The zero-order valence-electron chi connectivity index (χ0n) is 18.9. The molecule has 0 radical (unpaired) electrons. The van der Waals surface area contributed by atoms with Gasteiger partial charge in [0.15, 0.2) is 5.78 Å². The number of aliphatic hydroxyl groups is 1. The molecule has 0 aliphatic carbocycles. The average Bonchev–Trinajstić information content (AvgIpc) is 2.73. The maximum atomic E-state index is 13.7. The maximum Gasteiger partial charge on any atom is 0.212 e. The third-order valence-corrected chi connectivity index (χ3v) is 5.04. The first-order chi connectivity index (χ1) is 15.3. The van der Waals surface area contributed by atoms with Crippen LogP contribution in [0, 0.1) is 25.9 Å². The number of rotatable bonds is 3. The summed E-state index contributed by atoms with van der Waals surface area (Å²) < 4.78 is 13.7. The van der Waals surface area contributed by atoms with Crippen molar-refractivity contribution in [2.45, 2.75) is 27.7 Å². The molecule has 0 bridgehead atoms. The molecule has 7 heteroatoms. The fraction of sp³-hybridized carbons (Fsp3) is 0.154. The van der Waals surface area contributed by atoms with Gasteiger partial charge in [0.05, 0.1) is 5.76 Å². The number of aliphatic hydroxyl groups excluding tert-OH is 1. The molecule has 1 aromatic heterocycles. The van der Waals surface area contributed by atoms with Crippen LogP contribution in [-0.4, -0.2) is 22.6 Å². The Morgan fingerprint density at radius 3 is 2.27 bits per heavy atom. The van der Waals surface area contributed by atoms with Crippen molar-refractivity contribution in [3.05, 3.63) is 102 Å². The summed E-state index contributed by atoms with van der Waals surface area (Å²) in [5.41, 5.74) is 5.28. The number of nitrogens with zero attached hydrogens (tertiary/aromatic N) is 2. The normalized spacial score (nSPS) is 12.3. The number of ketones is 1. The topological polar surface area (TPSA) is 53.4 Å². The van der Waals surface area contributed by atoms with E-state index in [0.29, 0.717) is 0 Å². The molecule has 0 spiro atoms. The minimum absolute atomic E-state index is 0. The summed E-state index contributed by atoms with van der Waals surface area (Å²) in [5, 5.41) is 8.36. The number of anilines is 2. The molecule has 0 unspecified atom stereocenters. The average molecular weight is 622 g/mol. The fourth-order valence-corrected chi connectivity index (χ4v) is 3.88. The largest absolute Gasteiger partial charge is 0.512 e. The molecule has 2 heterocycles. The number of hydrogen-bond donors (Lipinski definition) is 1. The second-order valence-corrected chi connectivity index (χ2v) is 7.71. The summed E-state index contributed by atoms with van der Waals surface area (Å²) in [6, 6.07) is 17.3. The monoisotopic (exact) mass is 622 g/mol. The van der Waals surface area contributed by atoms with Crippen LogP contribution in [0.4, 0.5) is 15.9 Å². The van der Waals surface area contributed by atoms with Crippen LogP contribution in [-0.2, 0) is 25.9 Å². The number of para-hydroxylation sites is 1. The number of aryl methyl sites for hydroxylation is 2. The van der Waals surface area contributed by atoms with Crippen molar-refractivity contribution in [1.82, 2.24) is 4.98 Å². The van der Waals surface area contributed by atoms with Gasteiger partial charge in [-0.2, -0.15) is 0 Å². The van der Waals surface area contributed by atoms with Gasteiger partial charge < -0.3 is 15.0 Å². The van der Waals surface area contributed by atoms with Crippen molar-refractivity contribution < 1.29 is 35.4 Å². The van der Waals surface area contributed by atoms with Crippen molar-refractivity contribution in [2.75, 3.05) is 4.90 Å². The second-order valence-electron chi connectivity index (χ2n) is 7.71. The van der Waals surface area contributed by atoms with Gasteiger partial charge in [-0.05, 0) is 45.9 Å². The Bertz CT molecular complexity index is 1150. The molecule has 0 atom stereocenters. The fourth-order valence-electron chi connectivity index (χ4n) is 3.88. The van der Waals surface area contributed by atoms with Crippen LogP contribution < -0.4 is 15.8 Å². The Morgan fingerprint density at radius 1 is 1.09 bits per heavy atom. The number of benzene rings is 2. The predicted octanol–water partition coefficient (Wildman–Crippen LogP) is 4.49. The summed E-state index contributed by atoms with van der Waals surface area (Å²) in [6.07, 6.45) is 6.31. The number of fused-ring (bicyclic) bond motifs is 1. The molecule has 33 heavy (non-hydrogen) atoms. The third-order valence-electron chi connectivity index (χ3n) is 5.04. The summed E-state index contributed by atoms with van der Waals surface area (Å²) in [4.78, 5) is 16.4. The van der Waals surface area contributed by atoms with Crippen molar-refractivity contribution in [1.29, 1.82) is 0 Å². The van der Waals surface area contributed by atoms with Crippen molar-refractivity contribution in [3.8, 4) is 0 Å². The Hall–Kier alpha value is -2.98. The standard InChI is InChI=1S/C21H17BFN2.C5H8O2.Pt/c1-15-13-17(23)14-16(2)21(15)22-10-12-25(20-9-5-6-11-24-20)19-8-4-3-7-18(19)22;1-4(6)3-5(2)7;/h3-11,13-14H,1-2H3;3,6H,1-2H3;/q-1;;/b;4-3-;. The predicted molar refractivity (Wildman–Crippen MR) is 129 cm³/mol. The molecule has 0 fully saturated rings. The molecular formula is C26H25BFN2O2Pt-. The first-order valence-corrected chi connectivity index (χ1v) is 10.3. The molecule has 172 valence electrons. The Labute approximate surface area is 209 Å². The van der Waals surface area contributed by atoms with E-state index in [1.807, 2.05) is 55.1 Å². The van der Waals surface area contributed by atoms with Gasteiger partial charge in [0.25, 0.3) is 0 Å². The van der Waals surface area contributed by atoms with Crippen LogP contribution in [0.15, 0.2) is 78.6 Å². The number of carbonyl (C=O) groups excluding carboxylic acids is 1. The molecule has 0 amide bonds. The van der Waals surface area contributed by atoms with Gasteiger partial charge in [-0.15, -0.1) is 17.6 Å². The van der Waals surface area contributed by atoms with Crippen LogP contribution in [0.5, 0.6) is 0 Å². The van der Waals surface area contributed by atoms with Gasteiger partial charge in [-0.1, -0.05) is 58.7 Å². The molecule has 1 N–H and O–H groups in total. The van der Waals surface area contributed by atoms with Crippen LogP contribution in [0.2, 0.25) is 0 Å². The first-order valence-electron chi connectivity index (χ1n) is 10.3. The Kier molecular flexibility index (Phi) is 9.36. The van der Waals surface area contributed by atoms with Gasteiger partial charge in [0.1, 0.15) is 5.82 Å². The van der Waals surface area contributed by atoms with E-state index >= 15 is 0 Å². The molecule has 4 nitrogen and oxygen atoms in total. The molecule has 1 aliphatic heterocycles. The van der Waals surface area contributed by atoms with E-state index < -0.39 is 0 Å². The number of pyridine rings is 1. The molecular weight excluding hydrogens is 597 g/mol. The quantitative estimate of drug-likeness (QED) is 0.203. The van der Waals surface area contributed by atoms with Crippen molar-refractivity contribution >= 4 is 34.9 Å². The van der Waals surface area contributed by atoms with Gasteiger partial charge in [-0.3, -0.25) is 4.79 Å². The molecule has 0 saturated carbocycles. The summed E-state index contributed by atoms with van der Waals surface area (Å²) >= 11 is 0. The van der Waals surface area contributed by atoms with Crippen LogP contribution in [0.25, 0.3) is 0 Å². The number of allylic oxidation sites excluding steroid dienone is 2. The number of halogens is 1. The zero-order chi connectivity index (χ0) is 23.3. The van der Waals surface area contributed by atoms with E-state index in [-0.39, 0.29) is 45.1 Å².